The van der Waals surface area contributed by atoms with Gasteiger partial charge in [-0.2, -0.15) is 0 Å². The average Bonchev–Trinajstić information content (AvgIpc) is 3.68. The zero-order valence-corrected chi connectivity index (χ0v) is 25.7. The van der Waals surface area contributed by atoms with Crippen LogP contribution in [0.3, 0.4) is 0 Å². The van der Waals surface area contributed by atoms with Crippen molar-refractivity contribution in [3.8, 4) is 11.5 Å². The number of halogens is 1. The number of benzene rings is 2. The minimum atomic E-state index is -0.706. The Kier molecular flexibility index (Phi) is 10.3. The van der Waals surface area contributed by atoms with E-state index < -0.39 is 17.4 Å². The first kappa shape index (κ1) is 31.8. The van der Waals surface area contributed by atoms with Gasteiger partial charge in [0.1, 0.15) is 11.9 Å². The second kappa shape index (κ2) is 13.9. The second-order valence-electron chi connectivity index (χ2n) is 12.4. The Balaban J connectivity index is 1.56. The van der Waals surface area contributed by atoms with Crippen molar-refractivity contribution in [2.45, 2.75) is 72.4 Å². The standard InChI is InChI=1S/C33H42FN5O4/c1-6-22(2)28(40)35-27(33(3,4)5)31(41)39-19-10-13-26(39)21-38(20-18-23-14-16-25(34)17-15-23)32(42)30-37-36-29(43-30)24-11-8-7-9-12-24/h7-9,11-12,14-17,22,26-27H,6,10,13,18-21H2,1-5H3,(H,35,40)/t22-,26+,27-/m1/s1. The molecule has 0 saturated carbocycles. The van der Waals surface area contributed by atoms with Crippen molar-refractivity contribution >= 4 is 17.7 Å². The third-order valence-electron chi connectivity index (χ3n) is 8.05. The summed E-state index contributed by atoms with van der Waals surface area (Å²) in [7, 11) is 0. The van der Waals surface area contributed by atoms with E-state index in [1.807, 2.05) is 65.0 Å². The molecule has 43 heavy (non-hydrogen) atoms. The molecule has 230 valence electrons. The SMILES string of the molecule is CC[C@@H](C)C(=O)N[C@H](C(=O)N1CCC[C@H]1CN(CCc1ccc(F)cc1)C(=O)c1nnc(-c2ccccc2)o1)C(C)(C)C. The summed E-state index contributed by atoms with van der Waals surface area (Å²) in [6.45, 7) is 10.7. The lowest BCUT2D eigenvalue weighted by atomic mass is 9.85. The normalized spacial score (nSPS) is 16.5. The predicted molar refractivity (Wildman–Crippen MR) is 161 cm³/mol. The highest BCUT2D eigenvalue weighted by Crippen LogP contribution is 2.27. The first-order valence-electron chi connectivity index (χ1n) is 15.0. The first-order chi connectivity index (χ1) is 20.5. The van der Waals surface area contributed by atoms with Crippen LogP contribution in [0.4, 0.5) is 4.39 Å². The number of nitrogens with one attached hydrogen (secondary N) is 1. The Hall–Kier alpha value is -4.08. The third-order valence-corrected chi connectivity index (χ3v) is 8.05. The molecule has 9 nitrogen and oxygen atoms in total. The minimum absolute atomic E-state index is 0.137. The fourth-order valence-electron chi connectivity index (χ4n) is 5.19. The van der Waals surface area contributed by atoms with Crippen LogP contribution in [0.25, 0.3) is 11.5 Å². The van der Waals surface area contributed by atoms with Crippen molar-refractivity contribution in [2.75, 3.05) is 19.6 Å². The van der Waals surface area contributed by atoms with Crippen LogP contribution in [-0.2, 0) is 16.0 Å². The predicted octanol–water partition coefficient (Wildman–Crippen LogP) is 5.13. The van der Waals surface area contributed by atoms with Crippen LogP contribution < -0.4 is 5.32 Å². The van der Waals surface area contributed by atoms with Crippen LogP contribution in [0.5, 0.6) is 0 Å². The summed E-state index contributed by atoms with van der Waals surface area (Å²) in [5.41, 5.74) is 1.06. The molecule has 1 saturated heterocycles. The van der Waals surface area contributed by atoms with Crippen molar-refractivity contribution in [3.63, 3.8) is 0 Å². The van der Waals surface area contributed by atoms with E-state index >= 15 is 0 Å². The molecule has 2 heterocycles. The summed E-state index contributed by atoms with van der Waals surface area (Å²) in [4.78, 5) is 44.0. The Bertz CT molecular complexity index is 1390. The number of aromatic nitrogens is 2. The van der Waals surface area contributed by atoms with Gasteiger partial charge in [-0.05, 0) is 60.9 Å². The molecule has 0 unspecified atom stereocenters. The average molecular weight is 592 g/mol. The third kappa shape index (κ3) is 8.06. The topological polar surface area (TPSA) is 109 Å². The van der Waals surface area contributed by atoms with Gasteiger partial charge in [-0.25, -0.2) is 4.39 Å². The summed E-state index contributed by atoms with van der Waals surface area (Å²) in [6, 6.07) is 14.4. The summed E-state index contributed by atoms with van der Waals surface area (Å²) < 4.78 is 19.3. The van der Waals surface area contributed by atoms with Crippen molar-refractivity contribution < 1.29 is 23.2 Å². The van der Waals surface area contributed by atoms with E-state index in [2.05, 4.69) is 15.5 Å². The van der Waals surface area contributed by atoms with E-state index in [1.54, 1.807) is 21.9 Å². The number of hydrogen-bond acceptors (Lipinski definition) is 6. The van der Waals surface area contributed by atoms with E-state index in [0.717, 1.165) is 12.0 Å². The van der Waals surface area contributed by atoms with E-state index in [4.69, 9.17) is 4.42 Å². The highest BCUT2D eigenvalue weighted by Gasteiger charge is 2.41. The van der Waals surface area contributed by atoms with Crippen LogP contribution in [0.2, 0.25) is 0 Å². The lowest BCUT2D eigenvalue weighted by molar-refractivity contribution is -0.141. The van der Waals surface area contributed by atoms with Crippen molar-refractivity contribution in [1.29, 1.82) is 0 Å². The zero-order valence-electron chi connectivity index (χ0n) is 25.7. The van der Waals surface area contributed by atoms with Gasteiger partial charge < -0.3 is 19.5 Å². The van der Waals surface area contributed by atoms with E-state index in [1.165, 1.54) is 12.1 Å². The van der Waals surface area contributed by atoms with Gasteiger partial charge in [-0.15, -0.1) is 10.2 Å². The Labute approximate surface area is 252 Å². The summed E-state index contributed by atoms with van der Waals surface area (Å²) >= 11 is 0. The molecule has 3 amide bonds. The van der Waals surface area contributed by atoms with Gasteiger partial charge in [0.25, 0.3) is 0 Å². The fourth-order valence-corrected chi connectivity index (χ4v) is 5.19. The van der Waals surface area contributed by atoms with Gasteiger partial charge in [0, 0.05) is 37.2 Å². The minimum Gasteiger partial charge on any atom is -0.412 e. The summed E-state index contributed by atoms with van der Waals surface area (Å²) in [6.07, 6.45) is 2.64. The second-order valence-corrected chi connectivity index (χ2v) is 12.4. The number of rotatable bonds is 11. The van der Waals surface area contributed by atoms with Crippen LogP contribution in [0, 0.1) is 17.2 Å². The van der Waals surface area contributed by atoms with Gasteiger partial charge in [0.05, 0.1) is 0 Å². The first-order valence-corrected chi connectivity index (χ1v) is 15.0. The molecule has 1 fully saturated rings. The van der Waals surface area contributed by atoms with E-state index in [0.29, 0.717) is 37.9 Å². The molecule has 0 spiro atoms. The Morgan fingerprint density at radius 2 is 1.79 bits per heavy atom. The maximum absolute atomic E-state index is 14.0. The molecule has 3 atom stereocenters. The lowest BCUT2D eigenvalue weighted by Crippen LogP contribution is -2.57. The number of carbonyl (C=O) groups is 3. The zero-order chi connectivity index (χ0) is 31.1. The van der Waals surface area contributed by atoms with Crippen molar-refractivity contribution in [2.24, 2.45) is 11.3 Å². The van der Waals surface area contributed by atoms with Crippen LogP contribution in [-0.4, -0.2) is 69.4 Å². The van der Waals surface area contributed by atoms with Gasteiger partial charge in [0.2, 0.25) is 17.7 Å². The maximum atomic E-state index is 14.0. The van der Waals surface area contributed by atoms with Gasteiger partial charge >= 0.3 is 11.8 Å². The molecule has 4 rings (SSSR count). The molecule has 1 aromatic heterocycles. The molecule has 1 aliphatic heterocycles. The molecular weight excluding hydrogens is 549 g/mol. The fraction of sp³-hybridized carbons (Fsp3) is 0.485. The number of carbonyl (C=O) groups excluding carboxylic acids is 3. The molecule has 1 N–H and O–H groups in total. The maximum Gasteiger partial charge on any atom is 0.311 e. The Morgan fingerprint density at radius 1 is 1.09 bits per heavy atom. The smallest absolute Gasteiger partial charge is 0.311 e. The Morgan fingerprint density at radius 3 is 2.44 bits per heavy atom. The molecule has 2 aromatic carbocycles. The number of nitrogens with zero attached hydrogens (tertiary/aromatic N) is 4. The monoisotopic (exact) mass is 591 g/mol. The van der Waals surface area contributed by atoms with Gasteiger partial charge in [-0.1, -0.05) is 65.0 Å². The molecular formula is C33H42FN5O4. The van der Waals surface area contributed by atoms with Crippen LogP contribution >= 0.6 is 0 Å². The number of amides is 3. The lowest BCUT2D eigenvalue weighted by Gasteiger charge is -2.37. The summed E-state index contributed by atoms with van der Waals surface area (Å²) in [5, 5.41) is 11.1. The largest absolute Gasteiger partial charge is 0.412 e. The molecule has 0 aliphatic carbocycles. The van der Waals surface area contributed by atoms with Gasteiger partial charge in [0.15, 0.2) is 0 Å². The molecule has 0 radical (unpaired) electrons. The molecule has 0 bridgehead atoms. The molecule has 3 aromatic rings. The highest BCUT2D eigenvalue weighted by atomic mass is 19.1. The van der Waals surface area contributed by atoms with Crippen molar-refractivity contribution in [3.05, 3.63) is 71.9 Å². The molecule has 1 aliphatic rings. The van der Waals surface area contributed by atoms with Crippen molar-refractivity contribution in [1.82, 2.24) is 25.3 Å². The molecule has 10 heteroatoms. The van der Waals surface area contributed by atoms with E-state index in [-0.39, 0.29) is 47.9 Å². The van der Waals surface area contributed by atoms with Gasteiger partial charge in [-0.3, -0.25) is 14.4 Å². The van der Waals surface area contributed by atoms with Crippen LogP contribution in [0.15, 0.2) is 59.0 Å². The number of likely N-dealkylation sites (tertiary alicyclic amines) is 1. The summed E-state index contributed by atoms with van der Waals surface area (Å²) in [5.74, 6) is -1.16. The van der Waals surface area contributed by atoms with Crippen LogP contribution in [0.1, 0.15) is 70.1 Å². The quantitative estimate of drug-likeness (QED) is 0.331. The van der Waals surface area contributed by atoms with E-state index in [9.17, 15) is 18.8 Å². The highest BCUT2D eigenvalue weighted by molar-refractivity contribution is 5.91. The number of hydrogen-bond donors (Lipinski definition) is 1.